The molecule has 0 bridgehead atoms. The van der Waals surface area contributed by atoms with Crippen molar-refractivity contribution in [2.75, 3.05) is 18.4 Å². The summed E-state index contributed by atoms with van der Waals surface area (Å²) in [6.07, 6.45) is 3.13. The van der Waals surface area contributed by atoms with Gasteiger partial charge >= 0.3 is 5.97 Å². The van der Waals surface area contributed by atoms with Crippen LogP contribution < -0.4 is 5.32 Å². The maximum atomic E-state index is 12.8. The number of hydrogen-bond acceptors (Lipinski definition) is 6. The molecule has 2 N–H and O–H groups in total. The Bertz CT molecular complexity index is 1390. The van der Waals surface area contributed by atoms with Crippen LogP contribution in [0.4, 0.5) is 5.82 Å². The smallest absolute Gasteiger partial charge is 0.314 e. The molecule has 3 aromatic rings. The number of carbonyl (C=O) groups is 2. The van der Waals surface area contributed by atoms with E-state index in [1.165, 1.54) is 0 Å². The molecule has 3 heterocycles. The highest BCUT2D eigenvalue weighted by Gasteiger charge is 2.51. The zero-order valence-corrected chi connectivity index (χ0v) is 21.3. The molecule has 1 amide bonds. The van der Waals surface area contributed by atoms with Crippen LogP contribution in [0.2, 0.25) is 0 Å². The van der Waals surface area contributed by atoms with E-state index in [-0.39, 0.29) is 18.1 Å². The zero-order valence-electron chi connectivity index (χ0n) is 21.3. The third-order valence-corrected chi connectivity index (χ3v) is 7.90. The molecule has 8 heteroatoms. The molecule has 3 aliphatic rings. The van der Waals surface area contributed by atoms with E-state index in [2.05, 4.69) is 15.5 Å². The number of aromatic nitrogens is 1. The number of carboxylic acid groups (broad SMARTS) is 1. The molecule has 1 aromatic heterocycles. The largest absolute Gasteiger partial charge is 0.481 e. The standard InChI is InChI=1S/C30H30N4O4/c1-19-26(32-25-6-4-5-24(31-25)28(35)34-17-2-3-18-34)27(38-33-19)22-9-7-20(8-10-22)21-11-13-23(14-12-21)30(15-16-30)29(36)37/h4-14,26-27H,2-3,15-18H2,1H3,(H,31,32)(H,36,37). The van der Waals surface area contributed by atoms with E-state index in [0.717, 1.165) is 53.9 Å². The summed E-state index contributed by atoms with van der Waals surface area (Å²) in [4.78, 5) is 36.6. The monoisotopic (exact) mass is 510 g/mol. The predicted molar refractivity (Wildman–Crippen MR) is 144 cm³/mol. The Morgan fingerprint density at radius 3 is 2.26 bits per heavy atom. The molecule has 8 nitrogen and oxygen atoms in total. The van der Waals surface area contributed by atoms with E-state index in [4.69, 9.17) is 4.84 Å². The fourth-order valence-corrected chi connectivity index (χ4v) is 5.38. The Morgan fingerprint density at radius 1 is 0.974 bits per heavy atom. The molecule has 0 radical (unpaired) electrons. The van der Waals surface area contributed by atoms with E-state index < -0.39 is 11.4 Å². The molecule has 2 atom stereocenters. The van der Waals surface area contributed by atoms with Gasteiger partial charge in [-0.25, -0.2) is 4.98 Å². The Balaban J connectivity index is 1.17. The average Bonchev–Trinajstić information content (AvgIpc) is 3.43. The predicted octanol–water partition coefficient (Wildman–Crippen LogP) is 5.03. The van der Waals surface area contributed by atoms with Crippen molar-refractivity contribution in [3.8, 4) is 11.1 Å². The highest BCUT2D eigenvalue weighted by Crippen LogP contribution is 2.48. The fourth-order valence-electron chi connectivity index (χ4n) is 5.38. The van der Waals surface area contributed by atoms with Gasteiger partial charge in [0.15, 0.2) is 6.10 Å². The summed E-state index contributed by atoms with van der Waals surface area (Å²) >= 11 is 0. The summed E-state index contributed by atoms with van der Waals surface area (Å²) in [5.41, 5.74) is 4.45. The van der Waals surface area contributed by atoms with Gasteiger partial charge in [0.1, 0.15) is 17.6 Å². The van der Waals surface area contributed by atoms with Crippen molar-refractivity contribution in [3.05, 3.63) is 83.6 Å². The van der Waals surface area contributed by atoms with Gasteiger partial charge < -0.3 is 20.2 Å². The van der Waals surface area contributed by atoms with Gasteiger partial charge in [-0.05, 0) is 67.0 Å². The van der Waals surface area contributed by atoms with Crippen molar-refractivity contribution in [2.45, 2.75) is 50.2 Å². The van der Waals surface area contributed by atoms with Crippen LogP contribution in [0.5, 0.6) is 0 Å². The number of likely N-dealkylation sites (tertiary alicyclic amines) is 1. The number of nitrogens with one attached hydrogen (secondary N) is 1. The molecular weight excluding hydrogens is 480 g/mol. The van der Waals surface area contributed by atoms with Gasteiger partial charge in [-0.3, -0.25) is 9.59 Å². The minimum atomic E-state index is -0.744. The van der Waals surface area contributed by atoms with Gasteiger partial charge in [-0.2, -0.15) is 0 Å². The summed E-state index contributed by atoms with van der Waals surface area (Å²) in [5, 5.41) is 17.2. The second kappa shape index (κ2) is 9.59. The van der Waals surface area contributed by atoms with E-state index in [0.29, 0.717) is 24.4 Å². The Kier molecular flexibility index (Phi) is 6.10. The third kappa shape index (κ3) is 4.40. The zero-order chi connectivity index (χ0) is 26.3. The minimum absolute atomic E-state index is 0.0327. The number of benzene rings is 2. The molecular formula is C30H30N4O4. The molecule has 2 fully saturated rings. The normalized spacial score (nSPS) is 21.5. The summed E-state index contributed by atoms with van der Waals surface area (Å²) in [6.45, 7) is 3.48. The molecule has 194 valence electrons. The Hall–Kier alpha value is -4.20. The summed E-state index contributed by atoms with van der Waals surface area (Å²) in [6, 6.07) is 21.2. The highest BCUT2D eigenvalue weighted by atomic mass is 16.6. The summed E-state index contributed by atoms with van der Waals surface area (Å²) in [5.74, 6) is -0.168. The second-order valence-corrected chi connectivity index (χ2v) is 10.4. The lowest BCUT2D eigenvalue weighted by atomic mass is 9.93. The number of oxime groups is 1. The molecule has 2 unspecified atom stereocenters. The van der Waals surface area contributed by atoms with Crippen molar-refractivity contribution < 1.29 is 19.5 Å². The number of anilines is 1. The van der Waals surface area contributed by atoms with E-state index in [1.807, 2.05) is 72.5 Å². The van der Waals surface area contributed by atoms with Crippen LogP contribution in [-0.4, -0.2) is 51.7 Å². The summed E-state index contributed by atoms with van der Waals surface area (Å²) in [7, 11) is 0. The molecule has 38 heavy (non-hydrogen) atoms. The molecule has 1 saturated heterocycles. The molecule has 1 aliphatic carbocycles. The van der Waals surface area contributed by atoms with Crippen LogP contribution in [0.1, 0.15) is 60.3 Å². The average molecular weight is 511 g/mol. The number of pyridine rings is 1. The molecule has 2 aromatic carbocycles. The molecule has 2 aliphatic heterocycles. The topological polar surface area (TPSA) is 104 Å². The van der Waals surface area contributed by atoms with Crippen molar-refractivity contribution in [1.82, 2.24) is 9.88 Å². The maximum absolute atomic E-state index is 12.8. The summed E-state index contributed by atoms with van der Waals surface area (Å²) < 4.78 is 0. The number of carbonyl (C=O) groups excluding carboxylic acids is 1. The lowest BCUT2D eigenvalue weighted by Crippen LogP contribution is -2.32. The van der Waals surface area contributed by atoms with E-state index in [1.54, 1.807) is 6.07 Å². The van der Waals surface area contributed by atoms with E-state index in [9.17, 15) is 14.7 Å². The van der Waals surface area contributed by atoms with Gasteiger partial charge in [-0.15, -0.1) is 0 Å². The Morgan fingerprint density at radius 2 is 1.63 bits per heavy atom. The number of nitrogens with zero attached hydrogens (tertiary/aromatic N) is 3. The number of aliphatic carboxylic acids is 1. The minimum Gasteiger partial charge on any atom is -0.481 e. The highest BCUT2D eigenvalue weighted by molar-refractivity contribution is 5.93. The molecule has 6 rings (SSSR count). The van der Waals surface area contributed by atoms with Crippen LogP contribution in [0, 0.1) is 0 Å². The van der Waals surface area contributed by atoms with Crippen molar-refractivity contribution in [2.24, 2.45) is 5.16 Å². The van der Waals surface area contributed by atoms with Gasteiger partial charge in [0, 0.05) is 13.1 Å². The number of rotatable bonds is 7. The van der Waals surface area contributed by atoms with Crippen molar-refractivity contribution >= 4 is 23.4 Å². The second-order valence-electron chi connectivity index (χ2n) is 10.4. The Labute approximate surface area is 221 Å². The first-order valence-corrected chi connectivity index (χ1v) is 13.1. The van der Waals surface area contributed by atoms with Gasteiger partial charge in [0.2, 0.25) is 0 Å². The number of hydrogen-bond donors (Lipinski definition) is 2. The van der Waals surface area contributed by atoms with Crippen LogP contribution in [0.15, 0.2) is 71.9 Å². The quantitative estimate of drug-likeness (QED) is 0.462. The fraction of sp³-hybridized carbons (Fsp3) is 0.333. The SMILES string of the molecule is CC1=NOC(c2ccc(-c3ccc(C4(C(=O)O)CC4)cc3)cc2)C1Nc1cccc(C(=O)N2CCCC2)n1. The lowest BCUT2D eigenvalue weighted by molar-refractivity contribution is -0.140. The number of carboxylic acids is 1. The van der Waals surface area contributed by atoms with Crippen LogP contribution >= 0.6 is 0 Å². The van der Waals surface area contributed by atoms with Gasteiger partial charge in [-0.1, -0.05) is 59.8 Å². The first-order chi connectivity index (χ1) is 18.4. The van der Waals surface area contributed by atoms with Crippen molar-refractivity contribution in [3.63, 3.8) is 0 Å². The number of amides is 1. The molecule has 0 spiro atoms. The van der Waals surface area contributed by atoms with Crippen LogP contribution in [0.3, 0.4) is 0 Å². The maximum Gasteiger partial charge on any atom is 0.314 e. The first kappa shape index (κ1) is 24.2. The first-order valence-electron chi connectivity index (χ1n) is 13.1. The van der Waals surface area contributed by atoms with E-state index >= 15 is 0 Å². The molecule has 1 saturated carbocycles. The van der Waals surface area contributed by atoms with Gasteiger partial charge in [0.05, 0.1) is 11.1 Å². The van der Waals surface area contributed by atoms with Crippen LogP contribution in [0.25, 0.3) is 11.1 Å². The van der Waals surface area contributed by atoms with Crippen molar-refractivity contribution in [1.29, 1.82) is 0 Å². The third-order valence-electron chi connectivity index (χ3n) is 7.90. The lowest BCUT2D eigenvalue weighted by Gasteiger charge is -2.21. The van der Waals surface area contributed by atoms with Crippen LogP contribution in [-0.2, 0) is 15.0 Å². The van der Waals surface area contributed by atoms with Gasteiger partial charge in [0.25, 0.3) is 5.91 Å².